The number of carbonyl (C=O) groups is 1. The van der Waals surface area contributed by atoms with Crippen molar-refractivity contribution in [1.29, 1.82) is 0 Å². The summed E-state index contributed by atoms with van der Waals surface area (Å²) in [5.41, 5.74) is 2.89. The van der Waals surface area contributed by atoms with Gasteiger partial charge in [0.1, 0.15) is 6.33 Å². The van der Waals surface area contributed by atoms with Gasteiger partial charge in [0.25, 0.3) is 5.56 Å². The Hall–Kier alpha value is -2.90. The highest BCUT2D eigenvalue weighted by Crippen LogP contribution is 2.26. The fraction of sp³-hybridized carbons (Fsp3) is 0.412. The molecule has 3 aromatic rings. The zero-order chi connectivity index (χ0) is 17.6. The average Bonchev–Trinajstić information content (AvgIpc) is 3.29. The topological polar surface area (TPSA) is 88.3 Å². The third-order valence-electron chi connectivity index (χ3n) is 4.96. The highest BCUT2D eigenvalue weighted by molar-refractivity contribution is 5.76. The van der Waals surface area contributed by atoms with Crippen molar-refractivity contribution in [3.05, 3.63) is 52.1 Å². The van der Waals surface area contributed by atoms with Gasteiger partial charge in [-0.2, -0.15) is 0 Å². The molecule has 130 valence electrons. The molecule has 1 aliphatic rings. The molecule has 0 bridgehead atoms. The average molecular weight is 340 g/mol. The van der Waals surface area contributed by atoms with Crippen LogP contribution < -0.4 is 5.56 Å². The van der Waals surface area contributed by atoms with Gasteiger partial charge >= 0.3 is 6.03 Å². The highest BCUT2D eigenvalue weighted by atomic mass is 16.2. The molecular formula is C17H20N6O2. The summed E-state index contributed by atoms with van der Waals surface area (Å²) < 4.78 is 2.99. The van der Waals surface area contributed by atoms with Gasteiger partial charge in [0.15, 0.2) is 5.65 Å². The lowest BCUT2D eigenvalue weighted by atomic mass is 9.95. The van der Waals surface area contributed by atoms with Crippen LogP contribution in [-0.4, -0.2) is 48.2 Å². The van der Waals surface area contributed by atoms with Gasteiger partial charge < -0.3 is 4.90 Å². The molecule has 1 N–H and O–H groups in total. The van der Waals surface area contributed by atoms with E-state index in [0.717, 1.165) is 30.8 Å². The van der Waals surface area contributed by atoms with Crippen LogP contribution >= 0.6 is 0 Å². The summed E-state index contributed by atoms with van der Waals surface area (Å²) in [5.74, 6) is 0.155. The van der Waals surface area contributed by atoms with Crippen molar-refractivity contribution in [2.75, 3.05) is 13.1 Å². The number of fused-ring (bicyclic) bond motifs is 1. The largest absolute Gasteiger partial charge is 0.329 e. The molecule has 3 aromatic heterocycles. The second-order valence-electron chi connectivity index (χ2n) is 6.57. The second-order valence-corrected chi connectivity index (χ2v) is 6.57. The molecule has 0 spiro atoms. The molecule has 8 heteroatoms. The van der Waals surface area contributed by atoms with E-state index < -0.39 is 0 Å². The molecular weight excluding hydrogens is 320 g/mol. The smallest absolute Gasteiger partial charge is 0.323 e. The second kappa shape index (κ2) is 5.87. The van der Waals surface area contributed by atoms with Crippen molar-refractivity contribution in [3.63, 3.8) is 0 Å². The predicted octanol–water partition coefficient (Wildman–Crippen LogP) is 1.68. The molecule has 0 aliphatic carbocycles. The van der Waals surface area contributed by atoms with Gasteiger partial charge in [0, 0.05) is 54.4 Å². The predicted molar refractivity (Wildman–Crippen MR) is 91.9 cm³/mol. The van der Waals surface area contributed by atoms with E-state index in [4.69, 9.17) is 0 Å². The summed E-state index contributed by atoms with van der Waals surface area (Å²) in [6, 6.07) is 1.85. The zero-order valence-corrected chi connectivity index (χ0v) is 14.3. The number of piperidine rings is 1. The van der Waals surface area contributed by atoms with Crippen LogP contribution in [0.15, 0.2) is 29.6 Å². The van der Waals surface area contributed by atoms with E-state index in [9.17, 15) is 9.59 Å². The summed E-state index contributed by atoms with van der Waals surface area (Å²) >= 11 is 0. The number of likely N-dealkylation sites (tertiary alicyclic amines) is 1. The Morgan fingerprint density at radius 3 is 2.96 bits per heavy atom. The van der Waals surface area contributed by atoms with Gasteiger partial charge in [0.05, 0.1) is 0 Å². The van der Waals surface area contributed by atoms with Gasteiger partial charge in [-0.25, -0.2) is 19.3 Å². The first-order chi connectivity index (χ1) is 12.0. The Morgan fingerprint density at radius 2 is 2.20 bits per heavy atom. The van der Waals surface area contributed by atoms with Crippen LogP contribution in [0.3, 0.4) is 0 Å². The summed E-state index contributed by atoms with van der Waals surface area (Å²) in [6.45, 7) is 4.96. The number of rotatable bonds is 1. The Labute approximate surface area is 144 Å². The first-order valence-electron chi connectivity index (χ1n) is 8.40. The molecule has 0 radical (unpaired) electrons. The number of nitrogens with zero attached hydrogens (tertiary/aromatic N) is 5. The summed E-state index contributed by atoms with van der Waals surface area (Å²) in [4.78, 5) is 35.2. The number of carbonyl (C=O) groups excluding carboxylic acids is 1. The summed E-state index contributed by atoms with van der Waals surface area (Å²) in [5, 5.41) is 3.18. The van der Waals surface area contributed by atoms with Gasteiger partial charge in [-0.05, 0) is 26.7 Å². The van der Waals surface area contributed by atoms with Crippen molar-refractivity contribution in [2.45, 2.75) is 32.6 Å². The Kier molecular flexibility index (Phi) is 3.67. The number of hydrogen-bond donors (Lipinski definition) is 1. The number of aromatic amines is 1. The molecule has 25 heavy (non-hydrogen) atoms. The minimum Gasteiger partial charge on any atom is -0.323 e. The number of imidazole rings is 1. The number of aromatic nitrogens is 5. The monoisotopic (exact) mass is 340 g/mol. The minimum absolute atomic E-state index is 0.0692. The lowest BCUT2D eigenvalue weighted by Gasteiger charge is -2.32. The normalized spacial score (nSPS) is 18.0. The molecule has 4 rings (SSSR count). The van der Waals surface area contributed by atoms with Gasteiger partial charge in [-0.1, -0.05) is 0 Å². The first kappa shape index (κ1) is 15.6. The zero-order valence-electron chi connectivity index (χ0n) is 14.3. The molecule has 1 amide bonds. The van der Waals surface area contributed by atoms with Crippen molar-refractivity contribution in [2.24, 2.45) is 0 Å². The molecule has 1 fully saturated rings. The van der Waals surface area contributed by atoms with Crippen LogP contribution in [0.5, 0.6) is 0 Å². The molecule has 1 aliphatic heterocycles. The van der Waals surface area contributed by atoms with Crippen LogP contribution in [0.25, 0.3) is 5.65 Å². The maximum atomic E-state index is 12.5. The van der Waals surface area contributed by atoms with E-state index in [-0.39, 0.29) is 17.5 Å². The minimum atomic E-state index is -0.0732. The quantitative estimate of drug-likeness (QED) is 0.730. The number of aryl methyl sites for hydroxylation is 1. The molecule has 0 saturated carbocycles. The number of H-pyrrole nitrogens is 1. The Morgan fingerprint density at radius 1 is 1.36 bits per heavy atom. The van der Waals surface area contributed by atoms with Gasteiger partial charge in [0.2, 0.25) is 0 Å². The number of amides is 1. The van der Waals surface area contributed by atoms with Crippen LogP contribution in [0, 0.1) is 13.8 Å². The Balaban J connectivity index is 1.63. The molecule has 4 heterocycles. The molecule has 8 nitrogen and oxygen atoms in total. The SMILES string of the molecule is Cc1nc2cc(C3CCCN(C(=O)n4ccnc4)C3)[nH]n2c(=O)c1C. The fourth-order valence-electron chi connectivity index (χ4n) is 3.39. The number of hydrogen-bond acceptors (Lipinski definition) is 4. The van der Waals surface area contributed by atoms with E-state index in [1.165, 1.54) is 15.4 Å². The standard InChI is InChI=1S/C17H20N6O2/c1-11-12(2)19-15-8-14(20-23(15)16(11)24)13-4-3-6-21(9-13)17(25)22-7-5-18-10-22/h5,7-8,10,13,20H,3-4,6,9H2,1-2H3. The van der Waals surface area contributed by atoms with Crippen molar-refractivity contribution >= 4 is 11.7 Å². The van der Waals surface area contributed by atoms with E-state index in [1.54, 1.807) is 19.3 Å². The van der Waals surface area contributed by atoms with Gasteiger partial charge in [-0.15, -0.1) is 0 Å². The summed E-state index contributed by atoms with van der Waals surface area (Å²) in [7, 11) is 0. The van der Waals surface area contributed by atoms with E-state index in [0.29, 0.717) is 17.8 Å². The molecule has 1 unspecified atom stereocenters. The lowest BCUT2D eigenvalue weighted by molar-refractivity contribution is 0.180. The maximum Gasteiger partial charge on any atom is 0.329 e. The van der Waals surface area contributed by atoms with E-state index in [2.05, 4.69) is 15.1 Å². The fourth-order valence-corrected chi connectivity index (χ4v) is 3.39. The van der Waals surface area contributed by atoms with E-state index in [1.807, 2.05) is 17.9 Å². The van der Waals surface area contributed by atoms with Gasteiger partial charge in [-0.3, -0.25) is 14.5 Å². The molecule has 1 saturated heterocycles. The van der Waals surface area contributed by atoms with Crippen LogP contribution in [0.4, 0.5) is 4.79 Å². The van der Waals surface area contributed by atoms with Crippen molar-refractivity contribution in [1.82, 2.24) is 29.0 Å². The Bertz CT molecular complexity index is 985. The summed E-state index contributed by atoms with van der Waals surface area (Å²) in [6.07, 6.45) is 6.65. The maximum absolute atomic E-state index is 12.5. The van der Waals surface area contributed by atoms with E-state index >= 15 is 0 Å². The van der Waals surface area contributed by atoms with Crippen LogP contribution in [0.1, 0.15) is 35.7 Å². The molecule has 1 atom stereocenters. The van der Waals surface area contributed by atoms with Crippen LogP contribution in [0.2, 0.25) is 0 Å². The first-order valence-corrected chi connectivity index (χ1v) is 8.40. The third kappa shape index (κ3) is 2.63. The van der Waals surface area contributed by atoms with Crippen molar-refractivity contribution in [3.8, 4) is 0 Å². The highest BCUT2D eigenvalue weighted by Gasteiger charge is 2.27. The van der Waals surface area contributed by atoms with Crippen LogP contribution in [-0.2, 0) is 0 Å². The third-order valence-corrected chi connectivity index (χ3v) is 4.96. The molecule has 0 aromatic carbocycles. The number of nitrogens with one attached hydrogen (secondary N) is 1. The lowest BCUT2D eigenvalue weighted by Crippen LogP contribution is -2.41. The van der Waals surface area contributed by atoms with Crippen molar-refractivity contribution < 1.29 is 4.79 Å².